The first-order valence-corrected chi connectivity index (χ1v) is 6.10. The molecule has 0 atom stereocenters. The number of benzene rings is 2. The molecule has 0 bridgehead atoms. The zero-order valence-corrected chi connectivity index (χ0v) is 10.8. The highest BCUT2D eigenvalue weighted by molar-refractivity contribution is 5.75. The molecule has 0 N–H and O–H groups in total. The Morgan fingerprint density at radius 3 is 2.75 bits per heavy atom. The lowest BCUT2D eigenvalue weighted by Crippen LogP contribution is -1.99. The minimum absolute atomic E-state index is 0.437. The standard InChI is InChI=1S/C15H12F2N2O/c1-20-11-4-2-3-10(5-11)8-19-9-18-14-6-12(16)13(17)7-15(14)19/h2-7,9H,8H2,1H3. The first kappa shape index (κ1) is 12.6. The third-order valence-electron chi connectivity index (χ3n) is 3.15. The minimum atomic E-state index is -0.885. The molecule has 5 heteroatoms. The summed E-state index contributed by atoms with van der Waals surface area (Å²) in [4.78, 5) is 4.08. The van der Waals surface area contributed by atoms with Gasteiger partial charge in [-0.1, -0.05) is 12.1 Å². The van der Waals surface area contributed by atoms with Crippen molar-refractivity contribution in [3.05, 3.63) is 59.9 Å². The topological polar surface area (TPSA) is 27.1 Å². The van der Waals surface area contributed by atoms with Crippen molar-refractivity contribution in [2.45, 2.75) is 6.54 Å². The molecule has 0 spiro atoms. The van der Waals surface area contributed by atoms with Crippen LogP contribution in [0.2, 0.25) is 0 Å². The van der Waals surface area contributed by atoms with E-state index >= 15 is 0 Å². The highest BCUT2D eigenvalue weighted by atomic mass is 19.2. The summed E-state index contributed by atoms with van der Waals surface area (Å²) in [6.07, 6.45) is 1.57. The number of nitrogens with zero attached hydrogens (tertiary/aromatic N) is 2. The van der Waals surface area contributed by atoms with Gasteiger partial charge < -0.3 is 9.30 Å². The van der Waals surface area contributed by atoms with E-state index in [1.54, 1.807) is 18.0 Å². The van der Waals surface area contributed by atoms with Crippen LogP contribution in [-0.2, 0) is 6.54 Å². The third-order valence-corrected chi connectivity index (χ3v) is 3.15. The number of rotatable bonds is 3. The van der Waals surface area contributed by atoms with Crippen molar-refractivity contribution in [1.29, 1.82) is 0 Å². The number of methoxy groups -OCH3 is 1. The SMILES string of the molecule is COc1cccc(Cn2cnc3cc(F)c(F)cc32)c1. The normalized spacial score (nSPS) is 10.9. The zero-order chi connectivity index (χ0) is 14.1. The average Bonchev–Trinajstić information content (AvgIpc) is 2.82. The summed E-state index contributed by atoms with van der Waals surface area (Å²) in [6, 6.07) is 9.84. The van der Waals surface area contributed by atoms with Crippen LogP contribution in [0.3, 0.4) is 0 Å². The molecule has 0 unspecified atom stereocenters. The lowest BCUT2D eigenvalue weighted by Gasteiger charge is -2.06. The maximum atomic E-state index is 13.3. The molecular formula is C15H12F2N2O. The number of aromatic nitrogens is 2. The first-order valence-electron chi connectivity index (χ1n) is 6.10. The Bertz CT molecular complexity index is 768. The lowest BCUT2D eigenvalue weighted by molar-refractivity contribution is 0.414. The first-order chi connectivity index (χ1) is 9.67. The Hall–Kier alpha value is -2.43. The molecule has 1 heterocycles. The van der Waals surface area contributed by atoms with Gasteiger partial charge in [-0.05, 0) is 17.7 Å². The van der Waals surface area contributed by atoms with E-state index in [4.69, 9.17) is 4.74 Å². The van der Waals surface area contributed by atoms with Crippen molar-refractivity contribution in [3.8, 4) is 5.75 Å². The maximum absolute atomic E-state index is 13.3. The smallest absolute Gasteiger partial charge is 0.161 e. The fraction of sp³-hybridized carbons (Fsp3) is 0.133. The predicted molar refractivity (Wildman–Crippen MR) is 71.7 cm³/mol. The molecule has 1 aromatic heterocycles. The Balaban J connectivity index is 2.00. The molecule has 102 valence electrons. The second-order valence-corrected chi connectivity index (χ2v) is 4.48. The number of fused-ring (bicyclic) bond motifs is 1. The van der Waals surface area contributed by atoms with Crippen LogP contribution in [-0.4, -0.2) is 16.7 Å². The fourth-order valence-corrected chi connectivity index (χ4v) is 2.15. The van der Waals surface area contributed by atoms with Gasteiger partial charge >= 0.3 is 0 Å². The Morgan fingerprint density at radius 2 is 1.95 bits per heavy atom. The van der Waals surface area contributed by atoms with Crippen molar-refractivity contribution in [2.24, 2.45) is 0 Å². The molecule has 0 saturated heterocycles. The maximum Gasteiger partial charge on any atom is 0.161 e. The molecule has 20 heavy (non-hydrogen) atoms. The molecule has 0 radical (unpaired) electrons. The molecular weight excluding hydrogens is 262 g/mol. The van der Waals surface area contributed by atoms with Crippen molar-refractivity contribution < 1.29 is 13.5 Å². The number of ether oxygens (including phenoxy) is 1. The summed E-state index contributed by atoms with van der Waals surface area (Å²) in [7, 11) is 1.60. The van der Waals surface area contributed by atoms with Crippen molar-refractivity contribution >= 4 is 11.0 Å². The van der Waals surface area contributed by atoms with Gasteiger partial charge in [0.05, 0.1) is 24.5 Å². The zero-order valence-electron chi connectivity index (χ0n) is 10.8. The van der Waals surface area contributed by atoms with E-state index in [0.717, 1.165) is 23.4 Å². The number of hydrogen-bond donors (Lipinski definition) is 0. The van der Waals surface area contributed by atoms with E-state index in [0.29, 0.717) is 17.6 Å². The largest absolute Gasteiger partial charge is 0.497 e. The van der Waals surface area contributed by atoms with Crippen molar-refractivity contribution in [2.75, 3.05) is 7.11 Å². The Morgan fingerprint density at radius 1 is 1.15 bits per heavy atom. The van der Waals surface area contributed by atoms with Gasteiger partial charge in [-0.2, -0.15) is 0 Å². The predicted octanol–water partition coefficient (Wildman–Crippen LogP) is 3.37. The van der Waals surface area contributed by atoms with E-state index in [2.05, 4.69) is 4.98 Å². The van der Waals surface area contributed by atoms with Crippen LogP contribution in [0.1, 0.15) is 5.56 Å². The number of halogens is 2. The molecule has 0 aliphatic heterocycles. The molecule has 3 rings (SSSR count). The summed E-state index contributed by atoms with van der Waals surface area (Å²) < 4.78 is 33.4. The molecule has 0 amide bonds. The van der Waals surface area contributed by atoms with Crippen molar-refractivity contribution in [1.82, 2.24) is 9.55 Å². The fourth-order valence-electron chi connectivity index (χ4n) is 2.15. The minimum Gasteiger partial charge on any atom is -0.497 e. The summed E-state index contributed by atoms with van der Waals surface area (Å²) in [5.41, 5.74) is 1.99. The summed E-state index contributed by atoms with van der Waals surface area (Å²) in [5, 5.41) is 0. The van der Waals surface area contributed by atoms with E-state index in [1.807, 2.05) is 24.3 Å². The Labute approximate surface area is 114 Å². The second kappa shape index (κ2) is 4.92. The van der Waals surface area contributed by atoms with Gasteiger partial charge in [-0.3, -0.25) is 0 Å². The molecule has 0 aliphatic carbocycles. The second-order valence-electron chi connectivity index (χ2n) is 4.48. The van der Waals surface area contributed by atoms with Crippen LogP contribution >= 0.6 is 0 Å². The summed E-state index contributed by atoms with van der Waals surface area (Å²) >= 11 is 0. The van der Waals surface area contributed by atoms with Crippen LogP contribution in [0.5, 0.6) is 5.75 Å². The summed E-state index contributed by atoms with van der Waals surface area (Å²) in [5.74, 6) is -1.00. The van der Waals surface area contributed by atoms with Gasteiger partial charge in [0.1, 0.15) is 5.75 Å². The van der Waals surface area contributed by atoms with Gasteiger partial charge in [-0.15, -0.1) is 0 Å². The molecule has 3 aromatic rings. The molecule has 2 aromatic carbocycles. The monoisotopic (exact) mass is 274 g/mol. The lowest BCUT2D eigenvalue weighted by atomic mass is 10.2. The van der Waals surface area contributed by atoms with Gasteiger partial charge in [0.2, 0.25) is 0 Å². The molecule has 0 fully saturated rings. The van der Waals surface area contributed by atoms with E-state index in [-0.39, 0.29) is 0 Å². The van der Waals surface area contributed by atoms with Crippen LogP contribution in [0, 0.1) is 11.6 Å². The number of hydrogen-bond acceptors (Lipinski definition) is 2. The third kappa shape index (κ3) is 2.22. The Kier molecular flexibility index (Phi) is 3.10. The van der Waals surface area contributed by atoms with Gasteiger partial charge in [0.25, 0.3) is 0 Å². The van der Waals surface area contributed by atoms with Crippen LogP contribution < -0.4 is 4.74 Å². The molecule has 0 saturated carbocycles. The van der Waals surface area contributed by atoms with Crippen LogP contribution in [0.4, 0.5) is 8.78 Å². The van der Waals surface area contributed by atoms with Crippen LogP contribution in [0.15, 0.2) is 42.7 Å². The van der Waals surface area contributed by atoms with E-state index in [1.165, 1.54) is 0 Å². The molecule has 0 aliphatic rings. The van der Waals surface area contributed by atoms with Gasteiger partial charge in [-0.25, -0.2) is 13.8 Å². The molecule has 3 nitrogen and oxygen atoms in total. The van der Waals surface area contributed by atoms with E-state index < -0.39 is 11.6 Å². The highest BCUT2D eigenvalue weighted by Gasteiger charge is 2.09. The van der Waals surface area contributed by atoms with Crippen molar-refractivity contribution in [3.63, 3.8) is 0 Å². The van der Waals surface area contributed by atoms with Gasteiger partial charge in [0.15, 0.2) is 11.6 Å². The van der Waals surface area contributed by atoms with Crippen LogP contribution in [0.25, 0.3) is 11.0 Å². The average molecular weight is 274 g/mol. The quantitative estimate of drug-likeness (QED) is 0.732. The van der Waals surface area contributed by atoms with Gasteiger partial charge in [0, 0.05) is 18.7 Å². The number of imidazole rings is 1. The van der Waals surface area contributed by atoms with E-state index in [9.17, 15) is 8.78 Å². The highest BCUT2D eigenvalue weighted by Crippen LogP contribution is 2.20. The summed E-state index contributed by atoms with van der Waals surface area (Å²) in [6.45, 7) is 0.513.